The van der Waals surface area contributed by atoms with Crippen molar-refractivity contribution in [1.29, 1.82) is 0 Å². The fraction of sp³-hybridized carbons (Fsp3) is 0.462. The predicted octanol–water partition coefficient (Wildman–Crippen LogP) is 1.94. The SMILES string of the molecule is CN1CCC(NCc2ccc(C(F)F)cc2)C1=O. The smallest absolute Gasteiger partial charge is 0.263 e. The second kappa shape index (κ2) is 5.44. The first-order valence-electron chi connectivity index (χ1n) is 5.93. The summed E-state index contributed by atoms with van der Waals surface area (Å²) in [4.78, 5) is 13.3. The number of amides is 1. The Morgan fingerprint density at radius 3 is 2.56 bits per heavy atom. The Labute approximate surface area is 105 Å². The summed E-state index contributed by atoms with van der Waals surface area (Å²) in [6.45, 7) is 1.29. The van der Waals surface area contributed by atoms with Crippen LogP contribution in [-0.4, -0.2) is 30.4 Å². The minimum atomic E-state index is -2.43. The number of nitrogens with one attached hydrogen (secondary N) is 1. The first kappa shape index (κ1) is 13.0. The molecular weight excluding hydrogens is 238 g/mol. The first-order valence-corrected chi connectivity index (χ1v) is 5.93. The van der Waals surface area contributed by atoms with Gasteiger partial charge in [-0.05, 0) is 12.0 Å². The summed E-state index contributed by atoms with van der Waals surface area (Å²) >= 11 is 0. The van der Waals surface area contributed by atoms with Gasteiger partial charge in [-0.2, -0.15) is 0 Å². The molecule has 5 heteroatoms. The maximum atomic E-state index is 12.4. The quantitative estimate of drug-likeness (QED) is 0.890. The van der Waals surface area contributed by atoms with E-state index < -0.39 is 6.43 Å². The van der Waals surface area contributed by atoms with Crippen molar-refractivity contribution in [3.05, 3.63) is 35.4 Å². The van der Waals surface area contributed by atoms with E-state index in [1.54, 1.807) is 24.1 Å². The van der Waals surface area contributed by atoms with Crippen molar-refractivity contribution in [2.24, 2.45) is 0 Å². The van der Waals surface area contributed by atoms with Gasteiger partial charge in [0.2, 0.25) is 5.91 Å². The van der Waals surface area contributed by atoms with E-state index in [1.807, 2.05) is 0 Å². The molecule has 0 spiro atoms. The molecule has 1 saturated heterocycles. The van der Waals surface area contributed by atoms with Gasteiger partial charge in [0.25, 0.3) is 6.43 Å². The van der Waals surface area contributed by atoms with Crippen LogP contribution in [0.2, 0.25) is 0 Å². The Morgan fingerprint density at radius 2 is 2.06 bits per heavy atom. The van der Waals surface area contributed by atoms with E-state index in [0.29, 0.717) is 6.54 Å². The lowest BCUT2D eigenvalue weighted by molar-refractivity contribution is -0.128. The number of alkyl halides is 2. The standard InChI is InChI=1S/C13H16F2N2O/c1-17-7-6-11(13(17)18)16-8-9-2-4-10(5-3-9)12(14)15/h2-5,11-12,16H,6-8H2,1H3. The van der Waals surface area contributed by atoms with Crippen molar-refractivity contribution < 1.29 is 13.6 Å². The van der Waals surface area contributed by atoms with E-state index in [1.165, 1.54) is 12.1 Å². The van der Waals surface area contributed by atoms with Crippen molar-refractivity contribution in [3.8, 4) is 0 Å². The average molecular weight is 254 g/mol. The molecule has 0 aliphatic carbocycles. The van der Waals surface area contributed by atoms with Crippen LogP contribution >= 0.6 is 0 Å². The normalized spacial score (nSPS) is 19.9. The summed E-state index contributed by atoms with van der Waals surface area (Å²) in [5, 5.41) is 3.15. The van der Waals surface area contributed by atoms with Crippen molar-refractivity contribution in [3.63, 3.8) is 0 Å². The fourth-order valence-corrected chi connectivity index (χ4v) is 2.03. The molecule has 1 fully saturated rings. The molecule has 0 radical (unpaired) electrons. The monoisotopic (exact) mass is 254 g/mol. The van der Waals surface area contributed by atoms with Crippen molar-refractivity contribution in [2.45, 2.75) is 25.4 Å². The summed E-state index contributed by atoms with van der Waals surface area (Å²) in [5.41, 5.74) is 0.928. The van der Waals surface area contributed by atoms with Crippen LogP contribution in [0.1, 0.15) is 24.0 Å². The second-order valence-electron chi connectivity index (χ2n) is 4.52. The summed E-state index contributed by atoms with van der Waals surface area (Å²) in [6, 6.07) is 6.02. The number of benzene rings is 1. The molecule has 0 aromatic heterocycles. The maximum Gasteiger partial charge on any atom is 0.263 e. The molecular formula is C13H16F2N2O. The van der Waals surface area contributed by atoms with Crippen LogP contribution in [0.15, 0.2) is 24.3 Å². The van der Waals surface area contributed by atoms with E-state index in [-0.39, 0.29) is 17.5 Å². The zero-order valence-electron chi connectivity index (χ0n) is 10.2. The van der Waals surface area contributed by atoms with Crippen LogP contribution in [0.25, 0.3) is 0 Å². The van der Waals surface area contributed by atoms with Crippen molar-refractivity contribution in [1.82, 2.24) is 10.2 Å². The number of hydrogen-bond donors (Lipinski definition) is 1. The molecule has 18 heavy (non-hydrogen) atoms. The van der Waals surface area contributed by atoms with Crippen LogP contribution in [0.4, 0.5) is 8.78 Å². The van der Waals surface area contributed by atoms with E-state index in [0.717, 1.165) is 18.5 Å². The van der Waals surface area contributed by atoms with E-state index in [9.17, 15) is 13.6 Å². The zero-order chi connectivity index (χ0) is 13.1. The molecule has 1 aromatic rings. The number of rotatable bonds is 4. The number of likely N-dealkylation sites (tertiary alicyclic amines) is 1. The van der Waals surface area contributed by atoms with Crippen LogP contribution in [0.5, 0.6) is 0 Å². The number of hydrogen-bond acceptors (Lipinski definition) is 2. The molecule has 1 aliphatic heterocycles. The van der Waals surface area contributed by atoms with Gasteiger partial charge in [-0.1, -0.05) is 24.3 Å². The summed E-state index contributed by atoms with van der Waals surface area (Å²) < 4.78 is 24.7. The van der Waals surface area contributed by atoms with Gasteiger partial charge in [-0.25, -0.2) is 8.78 Å². The highest BCUT2D eigenvalue weighted by Gasteiger charge is 2.28. The van der Waals surface area contributed by atoms with Gasteiger partial charge in [-0.3, -0.25) is 4.79 Å². The molecule has 1 heterocycles. The van der Waals surface area contributed by atoms with E-state index in [2.05, 4.69) is 5.32 Å². The molecule has 98 valence electrons. The Hall–Kier alpha value is -1.49. The minimum absolute atomic E-state index is 0.0235. The van der Waals surface area contributed by atoms with Crippen molar-refractivity contribution >= 4 is 5.91 Å². The molecule has 1 aromatic carbocycles. The van der Waals surface area contributed by atoms with E-state index in [4.69, 9.17) is 0 Å². The lowest BCUT2D eigenvalue weighted by atomic mass is 10.1. The molecule has 1 atom stereocenters. The van der Waals surface area contributed by atoms with E-state index >= 15 is 0 Å². The first-order chi connectivity index (χ1) is 8.58. The molecule has 0 saturated carbocycles. The Kier molecular flexibility index (Phi) is 3.91. The Balaban J connectivity index is 1.89. The highest BCUT2D eigenvalue weighted by molar-refractivity contribution is 5.83. The summed E-state index contributed by atoms with van der Waals surface area (Å²) in [6.07, 6.45) is -1.64. The lowest BCUT2D eigenvalue weighted by Crippen LogP contribution is -2.36. The lowest BCUT2D eigenvalue weighted by Gasteiger charge is -2.12. The Bertz CT molecular complexity index is 420. The topological polar surface area (TPSA) is 32.3 Å². The summed E-state index contributed by atoms with van der Waals surface area (Å²) in [7, 11) is 1.78. The summed E-state index contributed by atoms with van der Waals surface area (Å²) in [5.74, 6) is 0.0965. The predicted molar refractivity (Wildman–Crippen MR) is 64.3 cm³/mol. The molecule has 2 rings (SSSR count). The van der Waals surface area contributed by atoms with Gasteiger partial charge >= 0.3 is 0 Å². The van der Waals surface area contributed by atoms with Gasteiger partial charge in [0.05, 0.1) is 6.04 Å². The molecule has 1 N–H and O–H groups in total. The molecule has 0 bridgehead atoms. The van der Waals surface area contributed by atoms with Crippen LogP contribution < -0.4 is 5.32 Å². The Morgan fingerprint density at radius 1 is 1.39 bits per heavy atom. The molecule has 3 nitrogen and oxygen atoms in total. The largest absolute Gasteiger partial charge is 0.344 e. The fourth-order valence-electron chi connectivity index (χ4n) is 2.03. The number of likely N-dealkylation sites (N-methyl/N-ethyl adjacent to an activating group) is 1. The molecule has 1 amide bonds. The number of carbonyl (C=O) groups is 1. The van der Waals surface area contributed by atoms with Crippen LogP contribution in [0.3, 0.4) is 0 Å². The number of carbonyl (C=O) groups excluding carboxylic acids is 1. The third kappa shape index (κ3) is 2.85. The van der Waals surface area contributed by atoms with Gasteiger partial charge in [-0.15, -0.1) is 0 Å². The van der Waals surface area contributed by atoms with Gasteiger partial charge in [0, 0.05) is 25.7 Å². The van der Waals surface area contributed by atoms with Crippen LogP contribution in [0, 0.1) is 0 Å². The van der Waals surface area contributed by atoms with Crippen LogP contribution in [-0.2, 0) is 11.3 Å². The molecule has 1 unspecified atom stereocenters. The van der Waals surface area contributed by atoms with Gasteiger partial charge in [0.15, 0.2) is 0 Å². The van der Waals surface area contributed by atoms with Gasteiger partial charge < -0.3 is 10.2 Å². The third-order valence-corrected chi connectivity index (χ3v) is 3.21. The number of halogens is 2. The maximum absolute atomic E-state index is 12.4. The minimum Gasteiger partial charge on any atom is -0.344 e. The van der Waals surface area contributed by atoms with Gasteiger partial charge in [0.1, 0.15) is 0 Å². The third-order valence-electron chi connectivity index (χ3n) is 3.21. The highest BCUT2D eigenvalue weighted by atomic mass is 19.3. The zero-order valence-corrected chi connectivity index (χ0v) is 10.2. The average Bonchev–Trinajstić information content (AvgIpc) is 2.68. The second-order valence-corrected chi connectivity index (χ2v) is 4.52. The molecule has 1 aliphatic rings. The number of nitrogens with zero attached hydrogens (tertiary/aromatic N) is 1. The van der Waals surface area contributed by atoms with Crippen molar-refractivity contribution in [2.75, 3.05) is 13.6 Å². The highest BCUT2D eigenvalue weighted by Crippen LogP contribution is 2.18.